The molecule has 0 fully saturated rings. The van der Waals surface area contributed by atoms with E-state index in [2.05, 4.69) is 10.3 Å². The molecule has 1 aromatic rings. The van der Waals surface area contributed by atoms with Crippen molar-refractivity contribution in [3.8, 4) is 0 Å². The van der Waals surface area contributed by atoms with Gasteiger partial charge < -0.3 is 11.1 Å². The number of nitrogens with zero attached hydrogens (tertiary/aromatic N) is 1. The van der Waals surface area contributed by atoms with Crippen molar-refractivity contribution in [1.29, 1.82) is 0 Å². The Morgan fingerprint density at radius 1 is 1.44 bits per heavy atom. The van der Waals surface area contributed by atoms with Gasteiger partial charge in [0.15, 0.2) is 0 Å². The van der Waals surface area contributed by atoms with Crippen molar-refractivity contribution in [3.05, 3.63) is 15.6 Å². The Morgan fingerprint density at radius 3 is 2.50 bits per heavy atom. The van der Waals surface area contributed by atoms with Crippen LogP contribution in [0.15, 0.2) is 0 Å². The van der Waals surface area contributed by atoms with Crippen LogP contribution < -0.4 is 11.1 Å². The SMILES string of the molecule is CCC(C)[C@H](N)C(=O)NC(C)c1sc(C)nc1C. The minimum absolute atomic E-state index is 0.0289. The van der Waals surface area contributed by atoms with Gasteiger partial charge in [0.1, 0.15) is 0 Å². The molecule has 0 radical (unpaired) electrons. The van der Waals surface area contributed by atoms with Gasteiger partial charge in [-0.2, -0.15) is 0 Å². The van der Waals surface area contributed by atoms with E-state index in [-0.39, 0.29) is 17.9 Å². The lowest BCUT2D eigenvalue weighted by atomic mass is 9.99. The predicted molar refractivity (Wildman–Crippen MR) is 75.6 cm³/mol. The minimum Gasteiger partial charge on any atom is -0.347 e. The maximum absolute atomic E-state index is 12.0. The molecule has 0 saturated carbocycles. The lowest BCUT2D eigenvalue weighted by Gasteiger charge is -2.20. The average molecular weight is 269 g/mol. The van der Waals surface area contributed by atoms with E-state index in [9.17, 15) is 4.79 Å². The van der Waals surface area contributed by atoms with Gasteiger partial charge in [-0.05, 0) is 26.7 Å². The molecule has 0 spiro atoms. The van der Waals surface area contributed by atoms with Crippen LogP contribution >= 0.6 is 11.3 Å². The van der Waals surface area contributed by atoms with Crippen LogP contribution in [-0.2, 0) is 4.79 Å². The van der Waals surface area contributed by atoms with E-state index >= 15 is 0 Å². The summed E-state index contributed by atoms with van der Waals surface area (Å²) >= 11 is 1.62. The summed E-state index contributed by atoms with van der Waals surface area (Å²) in [5, 5.41) is 3.99. The van der Waals surface area contributed by atoms with Crippen molar-refractivity contribution in [1.82, 2.24) is 10.3 Å². The lowest BCUT2D eigenvalue weighted by Crippen LogP contribution is -2.45. The quantitative estimate of drug-likeness (QED) is 0.862. The third-order valence-electron chi connectivity index (χ3n) is 3.25. The van der Waals surface area contributed by atoms with Crippen LogP contribution in [0.5, 0.6) is 0 Å². The fraction of sp³-hybridized carbons (Fsp3) is 0.692. The summed E-state index contributed by atoms with van der Waals surface area (Å²) in [4.78, 5) is 17.5. The third kappa shape index (κ3) is 3.53. The van der Waals surface area contributed by atoms with Crippen molar-refractivity contribution in [2.24, 2.45) is 11.7 Å². The van der Waals surface area contributed by atoms with E-state index < -0.39 is 6.04 Å². The molecule has 1 aromatic heterocycles. The highest BCUT2D eigenvalue weighted by molar-refractivity contribution is 7.11. The van der Waals surface area contributed by atoms with Crippen LogP contribution in [0.3, 0.4) is 0 Å². The molecule has 2 unspecified atom stereocenters. The number of rotatable bonds is 5. The number of carbonyl (C=O) groups excluding carboxylic acids is 1. The summed E-state index contributed by atoms with van der Waals surface area (Å²) in [6.07, 6.45) is 0.904. The highest BCUT2D eigenvalue weighted by Gasteiger charge is 2.22. The lowest BCUT2D eigenvalue weighted by molar-refractivity contribution is -0.124. The largest absolute Gasteiger partial charge is 0.347 e. The van der Waals surface area contributed by atoms with E-state index in [0.717, 1.165) is 22.0 Å². The van der Waals surface area contributed by atoms with Gasteiger partial charge in [-0.15, -0.1) is 11.3 Å². The molecule has 18 heavy (non-hydrogen) atoms. The molecule has 0 bridgehead atoms. The molecule has 1 rings (SSSR count). The Hall–Kier alpha value is -0.940. The molecule has 1 amide bonds. The van der Waals surface area contributed by atoms with Crippen molar-refractivity contribution >= 4 is 17.2 Å². The van der Waals surface area contributed by atoms with Crippen molar-refractivity contribution < 1.29 is 4.79 Å². The highest BCUT2D eigenvalue weighted by atomic mass is 32.1. The number of aryl methyl sites for hydroxylation is 2. The number of carbonyl (C=O) groups is 1. The molecule has 1 heterocycles. The summed E-state index contributed by atoms with van der Waals surface area (Å²) in [6, 6.07) is -0.467. The first-order valence-corrected chi connectivity index (χ1v) is 7.18. The number of amides is 1. The molecule has 3 atom stereocenters. The second kappa shape index (κ2) is 6.29. The van der Waals surface area contributed by atoms with Crippen molar-refractivity contribution in [2.45, 2.75) is 53.1 Å². The summed E-state index contributed by atoms with van der Waals surface area (Å²) in [7, 11) is 0. The summed E-state index contributed by atoms with van der Waals surface area (Å²) in [6.45, 7) is 9.95. The Bertz CT molecular complexity index is 416. The Labute approximate surface area is 113 Å². The first kappa shape index (κ1) is 15.1. The standard InChI is InChI=1S/C13H23N3OS/c1-6-7(2)11(14)13(17)16-9(4)12-8(3)15-10(5)18-12/h7,9,11H,6,14H2,1-5H3,(H,16,17)/t7?,9?,11-/m0/s1. The van der Waals surface area contributed by atoms with Crippen molar-refractivity contribution in [2.75, 3.05) is 0 Å². The maximum atomic E-state index is 12.0. The normalized spacial score (nSPS) is 16.1. The number of thiazole rings is 1. The molecule has 0 aliphatic rings. The van der Waals surface area contributed by atoms with E-state index in [4.69, 9.17) is 5.73 Å². The fourth-order valence-corrected chi connectivity index (χ4v) is 2.77. The minimum atomic E-state index is -0.438. The smallest absolute Gasteiger partial charge is 0.237 e. The van der Waals surface area contributed by atoms with E-state index in [1.165, 1.54) is 0 Å². The van der Waals surface area contributed by atoms with Gasteiger partial charge in [0, 0.05) is 4.88 Å². The first-order chi connectivity index (χ1) is 8.36. The summed E-state index contributed by atoms with van der Waals surface area (Å²) < 4.78 is 0. The topological polar surface area (TPSA) is 68.0 Å². The van der Waals surface area contributed by atoms with Crippen LogP contribution in [0.4, 0.5) is 0 Å². The number of hydrogen-bond acceptors (Lipinski definition) is 4. The van der Waals surface area contributed by atoms with Crippen LogP contribution in [0.1, 0.15) is 48.8 Å². The molecule has 3 N–H and O–H groups in total. The predicted octanol–water partition coefficient (Wildman–Crippen LogP) is 2.31. The fourth-order valence-electron chi connectivity index (χ4n) is 1.84. The zero-order valence-corrected chi connectivity index (χ0v) is 12.6. The molecule has 102 valence electrons. The van der Waals surface area contributed by atoms with Gasteiger partial charge in [-0.25, -0.2) is 4.98 Å². The van der Waals surface area contributed by atoms with Crippen LogP contribution in [0.2, 0.25) is 0 Å². The zero-order valence-electron chi connectivity index (χ0n) is 11.8. The van der Waals surface area contributed by atoms with Crippen molar-refractivity contribution in [3.63, 3.8) is 0 Å². The van der Waals surface area contributed by atoms with Gasteiger partial charge in [-0.3, -0.25) is 4.79 Å². The molecular formula is C13H23N3OS. The molecule has 0 aliphatic carbocycles. The maximum Gasteiger partial charge on any atom is 0.237 e. The Morgan fingerprint density at radius 2 is 2.06 bits per heavy atom. The second-order valence-electron chi connectivity index (χ2n) is 4.82. The highest BCUT2D eigenvalue weighted by Crippen LogP contribution is 2.24. The summed E-state index contributed by atoms with van der Waals surface area (Å²) in [5.74, 6) is 0.115. The van der Waals surface area contributed by atoms with Gasteiger partial charge >= 0.3 is 0 Å². The molecular weight excluding hydrogens is 246 g/mol. The number of nitrogens with one attached hydrogen (secondary N) is 1. The van der Waals surface area contributed by atoms with Gasteiger partial charge in [0.2, 0.25) is 5.91 Å². The number of nitrogens with two attached hydrogens (primary N) is 1. The van der Waals surface area contributed by atoms with Crippen LogP contribution in [0, 0.1) is 19.8 Å². The number of aromatic nitrogens is 1. The Kier molecular flexibility index (Phi) is 5.28. The van der Waals surface area contributed by atoms with Gasteiger partial charge in [-0.1, -0.05) is 20.3 Å². The zero-order chi connectivity index (χ0) is 13.9. The second-order valence-corrected chi connectivity index (χ2v) is 6.06. The van der Waals surface area contributed by atoms with Crippen LogP contribution in [-0.4, -0.2) is 16.9 Å². The molecule has 5 heteroatoms. The van der Waals surface area contributed by atoms with E-state index in [1.54, 1.807) is 11.3 Å². The molecule has 0 aromatic carbocycles. The van der Waals surface area contributed by atoms with Crippen LogP contribution in [0.25, 0.3) is 0 Å². The Balaban J connectivity index is 2.67. The number of hydrogen-bond donors (Lipinski definition) is 2. The summed E-state index contributed by atoms with van der Waals surface area (Å²) in [5.41, 5.74) is 6.90. The molecule has 0 aliphatic heterocycles. The van der Waals surface area contributed by atoms with Gasteiger partial charge in [0.25, 0.3) is 0 Å². The first-order valence-electron chi connectivity index (χ1n) is 6.36. The van der Waals surface area contributed by atoms with E-state index in [0.29, 0.717) is 0 Å². The third-order valence-corrected chi connectivity index (χ3v) is 4.51. The van der Waals surface area contributed by atoms with Gasteiger partial charge in [0.05, 0.1) is 22.8 Å². The van der Waals surface area contributed by atoms with E-state index in [1.807, 2.05) is 34.6 Å². The molecule has 4 nitrogen and oxygen atoms in total. The molecule has 0 saturated heterocycles. The monoisotopic (exact) mass is 269 g/mol. The average Bonchev–Trinajstić information content (AvgIpc) is 2.66.